The molecule has 0 bridgehead atoms. The van der Waals surface area contributed by atoms with E-state index in [1.54, 1.807) is 23.1 Å². The van der Waals surface area contributed by atoms with Gasteiger partial charge in [-0.3, -0.25) is 4.79 Å². The van der Waals surface area contributed by atoms with Crippen LogP contribution in [-0.4, -0.2) is 23.7 Å². The van der Waals surface area contributed by atoms with E-state index in [0.717, 1.165) is 25.0 Å². The van der Waals surface area contributed by atoms with E-state index >= 15 is 0 Å². The lowest BCUT2D eigenvalue weighted by Crippen LogP contribution is -2.50. The van der Waals surface area contributed by atoms with Gasteiger partial charge in [-0.2, -0.15) is 0 Å². The molecule has 1 unspecified atom stereocenters. The van der Waals surface area contributed by atoms with Gasteiger partial charge in [0.2, 0.25) is 5.91 Å². The SMILES string of the molecule is CCC(N)(CC)CNC(=O)C1SCCc2sccc21. The van der Waals surface area contributed by atoms with Gasteiger partial charge in [-0.05, 0) is 42.0 Å². The van der Waals surface area contributed by atoms with Crippen molar-refractivity contribution >= 4 is 29.0 Å². The number of fused-ring (bicyclic) bond motifs is 1. The summed E-state index contributed by atoms with van der Waals surface area (Å²) < 4.78 is 0. The van der Waals surface area contributed by atoms with Crippen LogP contribution in [0.3, 0.4) is 0 Å². The first-order valence-electron chi connectivity index (χ1n) is 6.84. The minimum absolute atomic E-state index is 0.0482. The third-order valence-corrected chi connectivity index (χ3v) is 6.17. The molecular formula is C14H22N2OS2. The van der Waals surface area contributed by atoms with Gasteiger partial charge in [-0.1, -0.05) is 13.8 Å². The van der Waals surface area contributed by atoms with Crippen LogP contribution < -0.4 is 11.1 Å². The highest BCUT2D eigenvalue weighted by Gasteiger charge is 2.29. The van der Waals surface area contributed by atoms with E-state index in [9.17, 15) is 4.79 Å². The minimum Gasteiger partial charge on any atom is -0.353 e. The second kappa shape index (κ2) is 6.29. The first-order chi connectivity index (χ1) is 9.09. The molecule has 1 aromatic rings. The number of hydrogen-bond donors (Lipinski definition) is 2. The van der Waals surface area contributed by atoms with Gasteiger partial charge in [-0.15, -0.1) is 23.1 Å². The smallest absolute Gasteiger partial charge is 0.237 e. The molecule has 0 radical (unpaired) electrons. The summed E-state index contributed by atoms with van der Waals surface area (Å²) in [5, 5.41) is 5.08. The van der Waals surface area contributed by atoms with Crippen molar-refractivity contribution in [2.45, 2.75) is 43.9 Å². The fourth-order valence-corrected chi connectivity index (χ4v) is 4.54. The molecule has 2 rings (SSSR count). The second-order valence-corrected chi connectivity index (χ2v) is 7.30. The number of carbonyl (C=O) groups excluding carboxylic acids is 1. The highest BCUT2D eigenvalue weighted by atomic mass is 32.2. The van der Waals surface area contributed by atoms with Crippen molar-refractivity contribution < 1.29 is 4.79 Å². The Labute approximate surface area is 123 Å². The molecule has 5 heteroatoms. The number of thioether (sulfide) groups is 1. The molecule has 0 aliphatic carbocycles. The molecule has 3 nitrogen and oxygen atoms in total. The average Bonchev–Trinajstić information content (AvgIpc) is 2.92. The fourth-order valence-electron chi connectivity index (χ4n) is 2.22. The number of nitrogens with two attached hydrogens (primary N) is 1. The summed E-state index contributed by atoms with van der Waals surface area (Å²) in [5.74, 6) is 1.14. The zero-order valence-corrected chi connectivity index (χ0v) is 13.2. The highest BCUT2D eigenvalue weighted by molar-refractivity contribution is 8.00. The average molecular weight is 298 g/mol. The molecule has 0 aromatic carbocycles. The van der Waals surface area contributed by atoms with Gasteiger partial charge in [0.15, 0.2) is 0 Å². The number of rotatable bonds is 5. The van der Waals surface area contributed by atoms with E-state index in [1.807, 2.05) is 0 Å². The third-order valence-electron chi connectivity index (χ3n) is 3.94. The molecule has 0 spiro atoms. The lowest BCUT2D eigenvalue weighted by atomic mass is 9.94. The van der Waals surface area contributed by atoms with Gasteiger partial charge in [0.1, 0.15) is 5.25 Å². The van der Waals surface area contributed by atoms with Crippen LogP contribution in [0.4, 0.5) is 0 Å². The van der Waals surface area contributed by atoms with Crippen LogP contribution in [0.1, 0.15) is 42.4 Å². The molecule has 1 aliphatic heterocycles. The summed E-state index contributed by atoms with van der Waals surface area (Å²) in [6.07, 6.45) is 2.85. The minimum atomic E-state index is -0.271. The van der Waals surface area contributed by atoms with Gasteiger partial charge in [0, 0.05) is 17.0 Å². The summed E-state index contributed by atoms with van der Waals surface area (Å²) in [6, 6.07) is 2.09. The molecule has 1 amide bonds. The van der Waals surface area contributed by atoms with Crippen LogP contribution in [0, 0.1) is 0 Å². The van der Waals surface area contributed by atoms with Crippen molar-refractivity contribution in [3.8, 4) is 0 Å². The van der Waals surface area contributed by atoms with Crippen LogP contribution in [0.25, 0.3) is 0 Å². The van der Waals surface area contributed by atoms with Crippen LogP contribution >= 0.6 is 23.1 Å². The van der Waals surface area contributed by atoms with Crippen LogP contribution in [0.2, 0.25) is 0 Å². The second-order valence-electron chi connectivity index (χ2n) is 5.09. The number of amides is 1. The predicted molar refractivity (Wildman–Crippen MR) is 83.7 cm³/mol. The Hall–Kier alpha value is -0.520. The molecule has 1 aliphatic rings. The Kier molecular flexibility index (Phi) is 4.92. The largest absolute Gasteiger partial charge is 0.353 e. The summed E-state index contributed by atoms with van der Waals surface area (Å²) in [6.45, 7) is 4.71. The van der Waals surface area contributed by atoms with E-state index in [4.69, 9.17) is 5.73 Å². The molecule has 0 saturated heterocycles. The predicted octanol–water partition coefficient (Wildman–Crippen LogP) is 2.71. The monoisotopic (exact) mass is 298 g/mol. The van der Waals surface area contributed by atoms with E-state index in [1.165, 1.54) is 10.4 Å². The Bertz CT molecular complexity index is 440. The van der Waals surface area contributed by atoms with Gasteiger partial charge in [0.25, 0.3) is 0 Å². The number of thiophene rings is 1. The van der Waals surface area contributed by atoms with Crippen molar-refractivity contribution in [2.75, 3.05) is 12.3 Å². The normalized spacial score (nSPS) is 19.0. The van der Waals surface area contributed by atoms with E-state index in [2.05, 4.69) is 30.6 Å². The number of hydrogen-bond acceptors (Lipinski definition) is 4. The van der Waals surface area contributed by atoms with Gasteiger partial charge >= 0.3 is 0 Å². The van der Waals surface area contributed by atoms with Crippen molar-refractivity contribution in [1.29, 1.82) is 0 Å². The zero-order valence-electron chi connectivity index (χ0n) is 11.6. The Balaban J connectivity index is 1.99. The fraction of sp³-hybridized carbons (Fsp3) is 0.643. The standard InChI is InChI=1S/C14H22N2OS2/c1-3-14(15,4-2)9-16-13(17)12-10-5-7-18-11(10)6-8-19-12/h5,7,12H,3-4,6,8-9,15H2,1-2H3,(H,16,17). The third kappa shape index (κ3) is 3.33. The molecule has 3 N–H and O–H groups in total. The van der Waals surface area contributed by atoms with E-state index in [-0.39, 0.29) is 16.7 Å². The molecule has 19 heavy (non-hydrogen) atoms. The first-order valence-corrected chi connectivity index (χ1v) is 8.77. The maximum atomic E-state index is 12.4. The van der Waals surface area contributed by atoms with Crippen molar-refractivity contribution in [2.24, 2.45) is 5.73 Å². The van der Waals surface area contributed by atoms with E-state index in [0.29, 0.717) is 6.54 Å². The van der Waals surface area contributed by atoms with Gasteiger partial charge in [-0.25, -0.2) is 0 Å². The van der Waals surface area contributed by atoms with Gasteiger partial charge in [0.05, 0.1) is 0 Å². The van der Waals surface area contributed by atoms with Gasteiger partial charge < -0.3 is 11.1 Å². The van der Waals surface area contributed by atoms with Crippen LogP contribution in [0.15, 0.2) is 11.4 Å². The summed E-state index contributed by atoms with van der Waals surface area (Å²) in [4.78, 5) is 13.7. The van der Waals surface area contributed by atoms with Crippen molar-refractivity contribution in [3.05, 3.63) is 21.9 Å². The quantitative estimate of drug-likeness (QED) is 0.879. The molecule has 2 heterocycles. The molecule has 1 atom stereocenters. The topological polar surface area (TPSA) is 55.1 Å². The highest BCUT2D eigenvalue weighted by Crippen LogP contribution is 2.39. The number of aryl methyl sites for hydroxylation is 1. The molecule has 1 aromatic heterocycles. The Morgan fingerprint density at radius 1 is 1.53 bits per heavy atom. The van der Waals surface area contributed by atoms with E-state index < -0.39 is 0 Å². The molecule has 0 fully saturated rings. The molecular weight excluding hydrogens is 276 g/mol. The van der Waals surface area contributed by atoms with Crippen molar-refractivity contribution in [3.63, 3.8) is 0 Å². The maximum absolute atomic E-state index is 12.4. The number of nitrogens with one attached hydrogen (secondary N) is 1. The summed E-state index contributed by atoms with van der Waals surface area (Å²) in [5.41, 5.74) is 7.16. The first kappa shape index (κ1) is 14.9. The van der Waals surface area contributed by atoms with Crippen molar-refractivity contribution in [1.82, 2.24) is 5.32 Å². The number of carbonyl (C=O) groups is 1. The Morgan fingerprint density at radius 3 is 2.95 bits per heavy atom. The lowest BCUT2D eigenvalue weighted by Gasteiger charge is -2.28. The summed E-state index contributed by atoms with van der Waals surface area (Å²) in [7, 11) is 0. The lowest BCUT2D eigenvalue weighted by molar-refractivity contribution is -0.121. The van der Waals surface area contributed by atoms with Crippen LogP contribution in [-0.2, 0) is 11.2 Å². The van der Waals surface area contributed by atoms with Crippen LogP contribution in [0.5, 0.6) is 0 Å². The summed E-state index contributed by atoms with van der Waals surface area (Å²) >= 11 is 3.50. The molecule has 0 saturated carbocycles. The zero-order chi connectivity index (χ0) is 13.9. The maximum Gasteiger partial charge on any atom is 0.237 e. The molecule has 106 valence electrons. The Morgan fingerprint density at radius 2 is 2.26 bits per heavy atom.